The first-order chi connectivity index (χ1) is 18.4. The van der Waals surface area contributed by atoms with Crippen molar-refractivity contribution in [1.82, 2.24) is 20.1 Å². The van der Waals surface area contributed by atoms with Crippen LogP contribution in [0.1, 0.15) is 60.3 Å². The predicted octanol–water partition coefficient (Wildman–Crippen LogP) is 3.52. The molecular weight excluding hydrogens is 508 g/mol. The van der Waals surface area contributed by atoms with Crippen molar-refractivity contribution in [3.63, 3.8) is 0 Å². The topological polar surface area (TPSA) is 136 Å². The number of carbonyl (C=O) groups is 2. The maximum Gasteiger partial charge on any atom is 0.303 e. The van der Waals surface area contributed by atoms with Gasteiger partial charge in [-0.15, -0.1) is 10.2 Å². The Hall–Kier alpha value is -3.25. The Bertz CT molecular complexity index is 1200. The van der Waals surface area contributed by atoms with E-state index in [-0.39, 0.29) is 37.6 Å². The maximum absolute atomic E-state index is 12.0. The van der Waals surface area contributed by atoms with Crippen LogP contribution in [-0.2, 0) is 39.3 Å². The number of aryl methyl sites for hydroxylation is 1. The molecule has 1 aliphatic rings. The number of ether oxygens (including phenoxy) is 2. The molecule has 3 aromatic rings. The summed E-state index contributed by atoms with van der Waals surface area (Å²) >= 11 is 1.58. The number of aliphatic hydroxyl groups is 1. The molecule has 4 rings (SSSR count). The minimum Gasteiger partial charge on any atom is -0.481 e. The molecule has 11 heteroatoms. The van der Waals surface area contributed by atoms with Gasteiger partial charge in [0, 0.05) is 44.2 Å². The maximum atomic E-state index is 12.0. The molecule has 10 nitrogen and oxygen atoms in total. The normalized spacial score (nSPS) is 19.3. The van der Waals surface area contributed by atoms with Crippen molar-refractivity contribution in [1.29, 1.82) is 0 Å². The highest BCUT2D eigenvalue weighted by Gasteiger charge is 2.32. The quantitative estimate of drug-likeness (QED) is 0.295. The Labute approximate surface area is 225 Å². The Morgan fingerprint density at radius 1 is 1.05 bits per heavy atom. The Morgan fingerprint density at radius 3 is 2.42 bits per heavy atom. The van der Waals surface area contributed by atoms with Gasteiger partial charge in [0.25, 0.3) is 0 Å². The number of carbonyl (C=O) groups excluding carboxylic acids is 1. The minimum absolute atomic E-state index is 0.0103. The lowest BCUT2D eigenvalue weighted by molar-refractivity contribution is -0.245. The third-order valence-electron chi connectivity index (χ3n) is 6.22. The Morgan fingerprint density at radius 2 is 1.76 bits per heavy atom. The molecule has 2 heterocycles. The highest BCUT2D eigenvalue weighted by molar-refractivity contribution is 7.99. The standard InChI is InChI=1S/C27H32N4O6S/c1-31-17-29-30-27(31)38-16-22-13-23(20-9-7-19(15-32)8-10-20)37-26(36-22)21-11-5-18(6-12-21)14-28-24(33)3-2-4-25(34)35/h5-12,17,22-23,26,32H,2-4,13-16H2,1H3,(H,28,33)(H,34,35)/t22-,23+,26+/m1/s1. The smallest absolute Gasteiger partial charge is 0.303 e. The number of nitrogens with zero attached hydrogens (tertiary/aromatic N) is 3. The molecule has 3 atom stereocenters. The summed E-state index contributed by atoms with van der Waals surface area (Å²) in [6, 6.07) is 15.5. The van der Waals surface area contributed by atoms with Crippen molar-refractivity contribution in [3.8, 4) is 0 Å². The summed E-state index contributed by atoms with van der Waals surface area (Å²) in [6.45, 7) is 0.346. The van der Waals surface area contributed by atoms with Gasteiger partial charge in [-0.1, -0.05) is 60.3 Å². The van der Waals surface area contributed by atoms with Crippen LogP contribution < -0.4 is 5.32 Å². The van der Waals surface area contributed by atoms with E-state index in [1.807, 2.05) is 60.1 Å². The third kappa shape index (κ3) is 7.87. The number of aliphatic carboxylic acids is 1. The van der Waals surface area contributed by atoms with Crippen LogP contribution in [0.5, 0.6) is 0 Å². The van der Waals surface area contributed by atoms with Gasteiger partial charge in [-0.2, -0.15) is 0 Å². The van der Waals surface area contributed by atoms with Crippen molar-refractivity contribution >= 4 is 23.6 Å². The molecule has 0 aliphatic carbocycles. The number of benzene rings is 2. The number of carboxylic acid groups (broad SMARTS) is 1. The second kappa shape index (κ2) is 13.5. The van der Waals surface area contributed by atoms with Gasteiger partial charge in [-0.25, -0.2) is 0 Å². The van der Waals surface area contributed by atoms with Crippen LogP contribution in [-0.4, -0.2) is 48.7 Å². The van der Waals surface area contributed by atoms with Crippen molar-refractivity contribution < 1.29 is 29.3 Å². The lowest BCUT2D eigenvalue weighted by Gasteiger charge is -2.36. The summed E-state index contributed by atoms with van der Waals surface area (Å²) in [4.78, 5) is 22.6. The van der Waals surface area contributed by atoms with E-state index >= 15 is 0 Å². The van der Waals surface area contributed by atoms with Crippen molar-refractivity contribution in [2.45, 2.75) is 62.5 Å². The first-order valence-electron chi connectivity index (χ1n) is 12.5. The van der Waals surface area contributed by atoms with E-state index in [0.717, 1.165) is 27.4 Å². The van der Waals surface area contributed by atoms with Gasteiger partial charge in [0.1, 0.15) is 6.33 Å². The number of carboxylic acids is 1. The Balaban J connectivity index is 1.40. The van der Waals surface area contributed by atoms with Crippen molar-refractivity contribution in [3.05, 3.63) is 77.1 Å². The van der Waals surface area contributed by atoms with Crippen LogP contribution in [0.3, 0.4) is 0 Å². The number of amides is 1. The third-order valence-corrected chi connectivity index (χ3v) is 7.39. The first kappa shape index (κ1) is 27.8. The molecule has 0 spiro atoms. The molecular formula is C27H32N4O6S. The molecule has 0 unspecified atom stereocenters. The highest BCUT2D eigenvalue weighted by Crippen LogP contribution is 2.39. The molecule has 1 saturated heterocycles. The van der Waals surface area contributed by atoms with Crippen molar-refractivity contribution in [2.24, 2.45) is 7.05 Å². The molecule has 3 N–H and O–H groups in total. The zero-order valence-corrected chi connectivity index (χ0v) is 22.0. The van der Waals surface area contributed by atoms with E-state index in [0.29, 0.717) is 25.1 Å². The van der Waals surface area contributed by atoms with Gasteiger partial charge in [0.15, 0.2) is 11.4 Å². The number of rotatable bonds is 12. The monoisotopic (exact) mass is 540 g/mol. The van der Waals surface area contributed by atoms with E-state index in [1.165, 1.54) is 0 Å². The largest absolute Gasteiger partial charge is 0.481 e. The lowest BCUT2D eigenvalue weighted by Crippen LogP contribution is -2.31. The molecule has 38 heavy (non-hydrogen) atoms. The van der Waals surface area contributed by atoms with Crippen LogP contribution in [0.25, 0.3) is 0 Å². The number of thioether (sulfide) groups is 1. The minimum atomic E-state index is -0.903. The fraction of sp³-hybridized carbons (Fsp3) is 0.407. The first-order valence-corrected chi connectivity index (χ1v) is 13.4. The molecule has 1 amide bonds. The van der Waals surface area contributed by atoms with E-state index < -0.39 is 12.3 Å². The van der Waals surface area contributed by atoms with Gasteiger partial charge < -0.3 is 29.6 Å². The average molecular weight is 541 g/mol. The van der Waals surface area contributed by atoms with E-state index in [1.54, 1.807) is 18.1 Å². The molecule has 1 fully saturated rings. The van der Waals surface area contributed by atoms with Crippen LogP contribution in [0.2, 0.25) is 0 Å². The summed E-state index contributed by atoms with van der Waals surface area (Å²) < 4.78 is 14.6. The van der Waals surface area contributed by atoms with Crippen molar-refractivity contribution in [2.75, 3.05) is 5.75 Å². The SMILES string of the molecule is Cn1cnnc1SC[C@H]1C[C@@H](c2ccc(CO)cc2)O[C@@H](c2ccc(CNC(=O)CCCC(=O)O)cc2)O1. The van der Waals surface area contributed by atoms with Crippen LogP contribution in [0.15, 0.2) is 60.0 Å². The van der Waals surface area contributed by atoms with Crippen LogP contribution >= 0.6 is 11.8 Å². The fourth-order valence-corrected chi connectivity index (χ4v) is 4.98. The summed E-state index contributed by atoms with van der Waals surface area (Å²) in [7, 11) is 1.90. The summed E-state index contributed by atoms with van der Waals surface area (Å²) in [5.41, 5.74) is 3.65. The number of aliphatic hydroxyl groups excluding tert-OH is 1. The second-order valence-corrected chi connectivity index (χ2v) is 10.1. The fourth-order valence-electron chi connectivity index (χ4n) is 4.08. The molecule has 0 saturated carbocycles. The molecule has 1 aliphatic heterocycles. The summed E-state index contributed by atoms with van der Waals surface area (Å²) in [5.74, 6) is -0.393. The van der Waals surface area contributed by atoms with Gasteiger partial charge >= 0.3 is 5.97 Å². The number of aromatic nitrogens is 3. The van der Waals surface area contributed by atoms with Gasteiger partial charge in [0.2, 0.25) is 5.91 Å². The summed E-state index contributed by atoms with van der Waals surface area (Å²) in [5, 5.41) is 29.8. The highest BCUT2D eigenvalue weighted by atomic mass is 32.2. The molecule has 0 radical (unpaired) electrons. The van der Waals surface area contributed by atoms with Gasteiger partial charge in [-0.3, -0.25) is 9.59 Å². The van der Waals surface area contributed by atoms with Gasteiger partial charge in [0.05, 0.1) is 18.8 Å². The van der Waals surface area contributed by atoms with Crippen LogP contribution in [0.4, 0.5) is 0 Å². The Kier molecular flexibility index (Phi) is 9.88. The predicted molar refractivity (Wildman–Crippen MR) is 140 cm³/mol. The zero-order chi connectivity index (χ0) is 26.9. The van der Waals surface area contributed by atoms with E-state index in [4.69, 9.17) is 14.6 Å². The van der Waals surface area contributed by atoms with E-state index in [9.17, 15) is 14.7 Å². The molecule has 0 bridgehead atoms. The van der Waals surface area contributed by atoms with Gasteiger partial charge in [-0.05, 0) is 23.1 Å². The lowest BCUT2D eigenvalue weighted by atomic mass is 10.0. The molecule has 2 aromatic carbocycles. The van der Waals surface area contributed by atoms with Crippen LogP contribution in [0, 0.1) is 0 Å². The van der Waals surface area contributed by atoms with E-state index in [2.05, 4.69) is 15.5 Å². The second-order valence-electron chi connectivity index (χ2n) is 9.15. The zero-order valence-electron chi connectivity index (χ0n) is 21.2. The molecule has 1 aromatic heterocycles. The number of hydrogen-bond acceptors (Lipinski definition) is 8. The summed E-state index contributed by atoms with van der Waals surface area (Å²) in [6.07, 6.45) is 1.97. The number of nitrogens with one attached hydrogen (secondary N) is 1. The average Bonchev–Trinajstić information content (AvgIpc) is 3.35. The number of hydrogen-bond donors (Lipinski definition) is 3. The molecule has 202 valence electrons.